The molecule has 0 saturated carbocycles. The Labute approximate surface area is 146 Å². The highest BCUT2D eigenvalue weighted by Crippen LogP contribution is 2.35. The van der Waals surface area contributed by atoms with Gasteiger partial charge in [0, 0.05) is 6.54 Å². The molecule has 3 rings (SSSR count). The van der Waals surface area contributed by atoms with Gasteiger partial charge < -0.3 is 9.84 Å². The molecule has 2 aromatic rings. The molecule has 25 heavy (non-hydrogen) atoms. The zero-order valence-electron chi connectivity index (χ0n) is 14.4. The fraction of sp³-hybridized carbons (Fsp3) is 0.300. The van der Waals surface area contributed by atoms with Gasteiger partial charge in [-0.25, -0.2) is 9.59 Å². The van der Waals surface area contributed by atoms with E-state index in [1.165, 1.54) is 0 Å². The topological polar surface area (TPSA) is 66.8 Å². The van der Waals surface area contributed by atoms with Crippen LogP contribution in [0.5, 0.6) is 0 Å². The van der Waals surface area contributed by atoms with Gasteiger partial charge in [-0.2, -0.15) is 0 Å². The molecule has 1 aliphatic rings. The van der Waals surface area contributed by atoms with Crippen LogP contribution in [0.15, 0.2) is 36.4 Å². The molecule has 0 saturated heterocycles. The number of rotatable bonds is 3. The number of carbonyl (C=O) groups excluding carboxylic acids is 1. The van der Waals surface area contributed by atoms with Gasteiger partial charge in [-0.05, 0) is 55.0 Å². The van der Waals surface area contributed by atoms with Crippen LogP contribution >= 0.6 is 0 Å². The zero-order valence-corrected chi connectivity index (χ0v) is 14.4. The third-order valence-electron chi connectivity index (χ3n) is 4.61. The number of aromatic carboxylic acids is 1. The van der Waals surface area contributed by atoms with E-state index in [4.69, 9.17) is 4.74 Å². The largest absolute Gasteiger partial charge is 0.478 e. The number of fused-ring (bicyclic) bond motifs is 1. The van der Waals surface area contributed by atoms with Crippen LogP contribution in [0.25, 0.3) is 0 Å². The van der Waals surface area contributed by atoms with Crippen LogP contribution in [-0.2, 0) is 17.8 Å². The van der Waals surface area contributed by atoms with Crippen molar-refractivity contribution in [1.82, 2.24) is 0 Å². The van der Waals surface area contributed by atoms with Crippen LogP contribution in [0.3, 0.4) is 0 Å². The summed E-state index contributed by atoms with van der Waals surface area (Å²) >= 11 is 0. The minimum atomic E-state index is -0.938. The second-order valence-corrected chi connectivity index (χ2v) is 6.29. The minimum Gasteiger partial charge on any atom is -0.478 e. The highest BCUT2D eigenvalue weighted by Gasteiger charge is 2.28. The number of carbonyl (C=O) groups is 2. The maximum Gasteiger partial charge on any atom is 0.414 e. The number of aryl methyl sites for hydroxylation is 1. The van der Waals surface area contributed by atoms with Crippen molar-refractivity contribution in [2.45, 2.75) is 33.3 Å². The Kier molecular flexibility index (Phi) is 4.74. The number of benzene rings is 2. The number of amides is 1. The molecule has 1 heterocycles. The fourth-order valence-electron chi connectivity index (χ4n) is 3.38. The molecule has 0 radical (unpaired) electrons. The Bertz CT molecular complexity index is 814. The zero-order chi connectivity index (χ0) is 18.0. The first-order valence-electron chi connectivity index (χ1n) is 8.33. The minimum absolute atomic E-state index is 0.219. The Morgan fingerprint density at radius 3 is 2.60 bits per heavy atom. The first-order chi connectivity index (χ1) is 12.0. The van der Waals surface area contributed by atoms with Gasteiger partial charge in [-0.1, -0.05) is 30.3 Å². The smallest absolute Gasteiger partial charge is 0.414 e. The molecule has 1 amide bonds. The molecular weight excluding hydrogens is 318 g/mol. The van der Waals surface area contributed by atoms with E-state index in [2.05, 4.69) is 0 Å². The van der Waals surface area contributed by atoms with Crippen LogP contribution in [0.1, 0.15) is 39.0 Å². The molecule has 0 unspecified atom stereocenters. The SMILES string of the molecule is Cc1cc(C(=O)O)c(C)c2c1N(C(=O)OCc1ccccc1)CCC2. The van der Waals surface area contributed by atoms with Crippen molar-refractivity contribution >= 4 is 17.7 Å². The van der Waals surface area contributed by atoms with E-state index in [0.29, 0.717) is 12.1 Å². The van der Waals surface area contributed by atoms with E-state index < -0.39 is 12.1 Å². The van der Waals surface area contributed by atoms with Crippen molar-refractivity contribution in [1.29, 1.82) is 0 Å². The lowest BCUT2D eigenvalue weighted by Crippen LogP contribution is -2.37. The fourth-order valence-corrected chi connectivity index (χ4v) is 3.38. The quantitative estimate of drug-likeness (QED) is 0.914. The summed E-state index contributed by atoms with van der Waals surface area (Å²) in [6.07, 6.45) is 1.16. The number of hydrogen-bond donors (Lipinski definition) is 1. The van der Waals surface area contributed by atoms with Gasteiger partial charge in [0.15, 0.2) is 0 Å². The van der Waals surface area contributed by atoms with Crippen LogP contribution in [0, 0.1) is 13.8 Å². The number of hydrogen-bond acceptors (Lipinski definition) is 3. The lowest BCUT2D eigenvalue weighted by Gasteiger charge is -2.32. The van der Waals surface area contributed by atoms with Crippen molar-refractivity contribution in [3.05, 3.63) is 64.2 Å². The van der Waals surface area contributed by atoms with E-state index >= 15 is 0 Å². The maximum atomic E-state index is 12.6. The molecule has 5 nitrogen and oxygen atoms in total. The van der Waals surface area contributed by atoms with Crippen molar-refractivity contribution in [3.8, 4) is 0 Å². The molecule has 0 bridgehead atoms. The van der Waals surface area contributed by atoms with Crippen molar-refractivity contribution in [2.24, 2.45) is 0 Å². The average Bonchev–Trinajstić information content (AvgIpc) is 2.62. The second-order valence-electron chi connectivity index (χ2n) is 6.29. The van der Waals surface area contributed by atoms with E-state index in [1.54, 1.807) is 17.9 Å². The third-order valence-corrected chi connectivity index (χ3v) is 4.61. The average molecular weight is 339 g/mol. The Hall–Kier alpha value is -2.82. The highest BCUT2D eigenvalue weighted by atomic mass is 16.6. The van der Waals surface area contributed by atoms with Crippen LogP contribution in [-0.4, -0.2) is 23.7 Å². The number of carboxylic acid groups (broad SMARTS) is 1. The number of carboxylic acids is 1. The summed E-state index contributed by atoms with van der Waals surface area (Å²) in [5, 5.41) is 9.37. The number of ether oxygens (including phenoxy) is 1. The summed E-state index contributed by atoms with van der Waals surface area (Å²) in [6, 6.07) is 11.2. The second kappa shape index (κ2) is 6.97. The molecule has 130 valence electrons. The number of nitrogens with zero attached hydrogens (tertiary/aromatic N) is 1. The number of anilines is 1. The Morgan fingerprint density at radius 1 is 1.20 bits per heavy atom. The molecule has 2 aromatic carbocycles. The summed E-state index contributed by atoms with van der Waals surface area (Å²) < 4.78 is 5.47. The molecule has 0 spiro atoms. The monoisotopic (exact) mass is 339 g/mol. The lowest BCUT2D eigenvalue weighted by molar-refractivity contribution is 0.0696. The molecule has 1 aliphatic heterocycles. The van der Waals surface area contributed by atoms with Gasteiger partial charge >= 0.3 is 12.1 Å². The Balaban J connectivity index is 1.87. The van der Waals surface area contributed by atoms with Crippen LogP contribution < -0.4 is 4.90 Å². The standard InChI is InChI=1S/C20H21NO4/c1-13-11-17(19(22)23)14(2)16-9-6-10-21(18(13)16)20(24)25-12-15-7-4-3-5-8-15/h3-5,7-8,11H,6,9-10,12H2,1-2H3,(H,22,23). The first kappa shape index (κ1) is 17.0. The molecule has 0 fully saturated rings. The van der Waals surface area contributed by atoms with Crippen molar-refractivity contribution in [2.75, 3.05) is 11.4 Å². The van der Waals surface area contributed by atoms with E-state index in [0.717, 1.165) is 40.8 Å². The van der Waals surface area contributed by atoms with Gasteiger partial charge in [0.25, 0.3) is 0 Å². The normalized spacial score (nSPS) is 13.3. The van der Waals surface area contributed by atoms with Gasteiger partial charge in [0.05, 0.1) is 11.3 Å². The molecule has 1 N–H and O–H groups in total. The predicted molar refractivity (Wildman–Crippen MR) is 95.2 cm³/mol. The highest BCUT2D eigenvalue weighted by molar-refractivity contribution is 5.95. The predicted octanol–water partition coefficient (Wildman–Crippen LogP) is 4.09. The van der Waals surface area contributed by atoms with E-state index in [9.17, 15) is 14.7 Å². The third kappa shape index (κ3) is 3.36. The molecule has 5 heteroatoms. The van der Waals surface area contributed by atoms with Crippen LogP contribution in [0.4, 0.5) is 10.5 Å². The molecule has 0 aromatic heterocycles. The molecule has 0 aliphatic carbocycles. The van der Waals surface area contributed by atoms with Gasteiger partial charge in [0.2, 0.25) is 0 Å². The van der Waals surface area contributed by atoms with Gasteiger partial charge in [0.1, 0.15) is 6.61 Å². The summed E-state index contributed by atoms with van der Waals surface area (Å²) in [5.41, 5.74) is 4.48. The van der Waals surface area contributed by atoms with Crippen molar-refractivity contribution < 1.29 is 19.4 Å². The lowest BCUT2D eigenvalue weighted by atomic mass is 9.90. The van der Waals surface area contributed by atoms with E-state index in [1.807, 2.05) is 37.3 Å². The molecule has 0 atom stereocenters. The summed E-state index contributed by atoms with van der Waals surface area (Å²) in [4.78, 5) is 25.7. The Morgan fingerprint density at radius 2 is 1.92 bits per heavy atom. The summed E-state index contributed by atoms with van der Waals surface area (Å²) in [5.74, 6) is -0.938. The summed E-state index contributed by atoms with van der Waals surface area (Å²) in [7, 11) is 0. The van der Waals surface area contributed by atoms with E-state index in [-0.39, 0.29) is 6.61 Å². The summed E-state index contributed by atoms with van der Waals surface area (Å²) in [6.45, 7) is 4.44. The maximum absolute atomic E-state index is 12.6. The van der Waals surface area contributed by atoms with Crippen molar-refractivity contribution in [3.63, 3.8) is 0 Å². The van der Waals surface area contributed by atoms with Gasteiger partial charge in [-0.15, -0.1) is 0 Å². The van der Waals surface area contributed by atoms with Gasteiger partial charge in [-0.3, -0.25) is 4.90 Å². The molecular formula is C20H21NO4. The van der Waals surface area contributed by atoms with Crippen LogP contribution in [0.2, 0.25) is 0 Å². The first-order valence-corrected chi connectivity index (χ1v) is 8.33.